The zero-order chi connectivity index (χ0) is 13.8. The fourth-order valence-corrected chi connectivity index (χ4v) is 2.35. The third kappa shape index (κ3) is 3.40. The van der Waals surface area contributed by atoms with Gasteiger partial charge in [-0.05, 0) is 56.9 Å². The van der Waals surface area contributed by atoms with Crippen LogP contribution in [0.3, 0.4) is 0 Å². The molecule has 0 aliphatic heterocycles. The minimum absolute atomic E-state index is 0.292. The number of carboxylic acids is 1. The highest BCUT2D eigenvalue weighted by atomic mass is 16.4. The van der Waals surface area contributed by atoms with Gasteiger partial charge >= 0.3 is 5.97 Å². The molecule has 1 aromatic rings. The maximum absolute atomic E-state index is 11.2. The Kier molecular flexibility index (Phi) is 4.30. The van der Waals surface area contributed by atoms with Crippen molar-refractivity contribution in [2.75, 3.05) is 23.3 Å². The minimum atomic E-state index is -0.754. The van der Waals surface area contributed by atoms with Gasteiger partial charge < -0.3 is 15.3 Å². The van der Waals surface area contributed by atoms with E-state index in [0.29, 0.717) is 5.92 Å². The first-order valence-corrected chi connectivity index (χ1v) is 7.00. The van der Waals surface area contributed by atoms with Crippen LogP contribution in [0.25, 0.3) is 0 Å². The summed E-state index contributed by atoms with van der Waals surface area (Å²) >= 11 is 0. The topological polar surface area (TPSA) is 52.6 Å². The van der Waals surface area contributed by atoms with Crippen LogP contribution in [0.2, 0.25) is 0 Å². The van der Waals surface area contributed by atoms with Gasteiger partial charge in [0.2, 0.25) is 0 Å². The van der Waals surface area contributed by atoms with Crippen LogP contribution in [-0.4, -0.2) is 30.2 Å². The Hall–Kier alpha value is -1.71. The summed E-state index contributed by atoms with van der Waals surface area (Å²) in [7, 11) is 0. The molecule has 0 heterocycles. The molecule has 1 aliphatic carbocycles. The molecule has 4 nitrogen and oxygen atoms in total. The highest BCUT2D eigenvalue weighted by Crippen LogP contribution is 2.34. The highest BCUT2D eigenvalue weighted by molar-refractivity contribution is 5.78. The lowest BCUT2D eigenvalue weighted by Gasteiger charge is -2.22. The van der Waals surface area contributed by atoms with Crippen LogP contribution in [0.15, 0.2) is 24.3 Å². The van der Waals surface area contributed by atoms with E-state index >= 15 is 0 Å². The molecule has 1 aromatic carbocycles. The second-order valence-electron chi connectivity index (χ2n) is 5.02. The van der Waals surface area contributed by atoms with E-state index in [1.54, 1.807) is 0 Å². The number of hydrogen-bond acceptors (Lipinski definition) is 3. The van der Waals surface area contributed by atoms with Gasteiger partial charge in [0, 0.05) is 24.5 Å². The SMILES string of the molecule is CCN(CC)c1ccc(NC(C(=O)O)C2CC2)cc1. The first kappa shape index (κ1) is 13.7. The van der Waals surface area contributed by atoms with Gasteiger partial charge in [0.25, 0.3) is 0 Å². The van der Waals surface area contributed by atoms with Gasteiger partial charge in [0.15, 0.2) is 0 Å². The molecule has 4 heteroatoms. The van der Waals surface area contributed by atoms with E-state index in [1.807, 2.05) is 24.3 Å². The molecule has 1 aliphatic rings. The monoisotopic (exact) mass is 262 g/mol. The van der Waals surface area contributed by atoms with Crippen LogP contribution in [0.5, 0.6) is 0 Å². The van der Waals surface area contributed by atoms with Crippen molar-refractivity contribution in [1.82, 2.24) is 0 Å². The quantitative estimate of drug-likeness (QED) is 0.793. The van der Waals surface area contributed by atoms with Crippen molar-refractivity contribution in [2.45, 2.75) is 32.7 Å². The first-order chi connectivity index (χ1) is 9.15. The molecule has 0 radical (unpaired) electrons. The van der Waals surface area contributed by atoms with E-state index in [2.05, 4.69) is 24.1 Å². The van der Waals surface area contributed by atoms with Gasteiger partial charge in [0.05, 0.1) is 0 Å². The molecule has 1 unspecified atom stereocenters. The number of carboxylic acid groups (broad SMARTS) is 1. The van der Waals surface area contributed by atoms with Crippen molar-refractivity contribution < 1.29 is 9.90 Å². The number of nitrogens with zero attached hydrogens (tertiary/aromatic N) is 1. The summed E-state index contributed by atoms with van der Waals surface area (Å²) in [5.74, 6) is -0.463. The number of nitrogens with one attached hydrogen (secondary N) is 1. The smallest absolute Gasteiger partial charge is 0.326 e. The molecule has 1 fully saturated rings. The molecule has 0 spiro atoms. The van der Waals surface area contributed by atoms with Gasteiger partial charge in [-0.2, -0.15) is 0 Å². The normalized spacial score (nSPS) is 15.9. The lowest BCUT2D eigenvalue weighted by atomic mass is 10.1. The summed E-state index contributed by atoms with van der Waals surface area (Å²) in [4.78, 5) is 13.4. The summed E-state index contributed by atoms with van der Waals surface area (Å²) < 4.78 is 0. The summed E-state index contributed by atoms with van der Waals surface area (Å²) in [5.41, 5.74) is 2.06. The van der Waals surface area contributed by atoms with E-state index in [0.717, 1.165) is 31.6 Å². The third-order valence-electron chi connectivity index (χ3n) is 3.68. The molecule has 0 amide bonds. The zero-order valence-electron chi connectivity index (χ0n) is 11.6. The van der Waals surface area contributed by atoms with E-state index < -0.39 is 12.0 Å². The lowest BCUT2D eigenvalue weighted by Crippen LogP contribution is -2.31. The number of hydrogen-bond donors (Lipinski definition) is 2. The molecule has 1 saturated carbocycles. The van der Waals surface area contributed by atoms with Crippen molar-refractivity contribution in [1.29, 1.82) is 0 Å². The fourth-order valence-electron chi connectivity index (χ4n) is 2.35. The molecule has 104 valence electrons. The van der Waals surface area contributed by atoms with Gasteiger partial charge in [-0.3, -0.25) is 0 Å². The average molecular weight is 262 g/mol. The number of anilines is 2. The second-order valence-corrected chi connectivity index (χ2v) is 5.02. The third-order valence-corrected chi connectivity index (χ3v) is 3.68. The largest absolute Gasteiger partial charge is 0.480 e. The average Bonchev–Trinajstić information content (AvgIpc) is 3.23. The molecule has 1 atom stereocenters. The van der Waals surface area contributed by atoms with Crippen LogP contribution >= 0.6 is 0 Å². The molecule has 2 rings (SSSR count). The van der Waals surface area contributed by atoms with Crippen LogP contribution in [0.4, 0.5) is 11.4 Å². The number of rotatable bonds is 7. The first-order valence-electron chi connectivity index (χ1n) is 7.00. The Bertz CT molecular complexity index is 422. The van der Waals surface area contributed by atoms with Gasteiger partial charge in [-0.15, -0.1) is 0 Å². The standard InChI is InChI=1S/C15H22N2O2/c1-3-17(4-2)13-9-7-12(8-10-13)16-14(15(18)19)11-5-6-11/h7-11,14,16H,3-6H2,1-2H3,(H,18,19). The van der Waals surface area contributed by atoms with Crippen molar-refractivity contribution in [2.24, 2.45) is 5.92 Å². The molecule has 19 heavy (non-hydrogen) atoms. The Labute approximate surface area is 114 Å². The minimum Gasteiger partial charge on any atom is -0.480 e. The molecule has 0 saturated heterocycles. The van der Waals surface area contributed by atoms with Gasteiger partial charge in [-0.1, -0.05) is 0 Å². The zero-order valence-corrected chi connectivity index (χ0v) is 11.6. The summed E-state index contributed by atoms with van der Waals surface area (Å²) in [6.07, 6.45) is 2.03. The van der Waals surface area contributed by atoms with E-state index in [1.165, 1.54) is 5.69 Å². The van der Waals surface area contributed by atoms with E-state index in [-0.39, 0.29) is 0 Å². The molecular formula is C15H22N2O2. The molecule has 2 N–H and O–H groups in total. The summed E-state index contributed by atoms with van der Waals surface area (Å²) in [6, 6.07) is 7.57. The molecule has 0 aromatic heterocycles. The number of benzene rings is 1. The number of aliphatic carboxylic acids is 1. The Morgan fingerprint density at radius 1 is 1.32 bits per heavy atom. The lowest BCUT2D eigenvalue weighted by molar-refractivity contribution is -0.138. The van der Waals surface area contributed by atoms with Crippen LogP contribution in [-0.2, 0) is 4.79 Å². The highest BCUT2D eigenvalue weighted by Gasteiger charge is 2.36. The van der Waals surface area contributed by atoms with E-state index in [9.17, 15) is 9.90 Å². The maximum atomic E-state index is 11.2. The van der Waals surface area contributed by atoms with Crippen LogP contribution in [0, 0.1) is 5.92 Å². The second kappa shape index (κ2) is 5.95. The van der Waals surface area contributed by atoms with Gasteiger partial charge in [-0.25, -0.2) is 4.79 Å². The van der Waals surface area contributed by atoms with Crippen molar-refractivity contribution in [3.63, 3.8) is 0 Å². The van der Waals surface area contributed by atoms with Crippen molar-refractivity contribution in [3.8, 4) is 0 Å². The number of carbonyl (C=O) groups is 1. The maximum Gasteiger partial charge on any atom is 0.326 e. The van der Waals surface area contributed by atoms with Crippen LogP contribution in [0.1, 0.15) is 26.7 Å². The summed E-state index contributed by atoms with van der Waals surface area (Å²) in [5, 5.41) is 12.3. The predicted octanol–water partition coefficient (Wildman–Crippen LogP) is 2.81. The molecule has 0 bridgehead atoms. The fraction of sp³-hybridized carbons (Fsp3) is 0.533. The Balaban J connectivity index is 2.03. The Morgan fingerprint density at radius 2 is 1.89 bits per heavy atom. The van der Waals surface area contributed by atoms with E-state index in [4.69, 9.17) is 0 Å². The van der Waals surface area contributed by atoms with Gasteiger partial charge in [0.1, 0.15) is 6.04 Å². The van der Waals surface area contributed by atoms with Crippen molar-refractivity contribution >= 4 is 17.3 Å². The molecular weight excluding hydrogens is 240 g/mol. The predicted molar refractivity (Wildman–Crippen MR) is 77.8 cm³/mol. The van der Waals surface area contributed by atoms with Crippen LogP contribution < -0.4 is 10.2 Å². The Morgan fingerprint density at radius 3 is 2.32 bits per heavy atom. The summed E-state index contributed by atoms with van der Waals surface area (Å²) in [6.45, 7) is 6.21. The van der Waals surface area contributed by atoms with Crippen molar-refractivity contribution in [3.05, 3.63) is 24.3 Å².